The predicted octanol–water partition coefficient (Wildman–Crippen LogP) is 4.47. The number of fused-ring (bicyclic) bond motifs is 1. The molecule has 2 aromatic heterocycles. The zero-order chi connectivity index (χ0) is 20.7. The lowest BCUT2D eigenvalue weighted by atomic mass is 10.2. The Hall–Kier alpha value is -3.45. The summed E-state index contributed by atoms with van der Waals surface area (Å²) in [5, 5.41) is 7.44. The van der Waals surface area contributed by atoms with Gasteiger partial charge in [0.05, 0.1) is 22.4 Å². The highest BCUT2D eigenvalue weighted by Crippen LogP contribution is 2.28. The SMILES string of the molecule is Cc1cc(C)n(-c2ccc(C(=O)Nc3ccc4nc(C5CCCO5)[nH]c4c3)cc2)n1. The van der Waals surface area contributed by atoms with Gasteiger partial charge < -0.3 is 15.0 Å². The van der Waals surface area contributed by atoms with Crippen molar-refractivity contribution in [2.24, 2.45) is 0 Å². The fraction of sp³-hybridized carbons (Fsp3) is 0.261. The second kappa shape index (κ2) is 7.42. The second-order valence-electron chi connectivity index (χ2n) is 7.70. The number of imidazole rings is 1. The van der Waals surface area contributed by atoms with Gasteiger partial charge in [0.15, 0.2) is 0 Å². The van der Waals surface area contributed by atoms with E-state index in [1.807, 2.05) is 67.1 Å². The molecule has 1 amide bonds. The fourth-order valence-electron chi connectivity index (χ4n) is 3.90. The Morgan fingerprint density at radius 1 is 1.17 bits per heavy atom. The zero-order valence-corrected chi connectivity index (χ0v) is 17.0. The normalized spacial score (nSPS) is 16.3. The molecule has 1 aliphatic rings. The smallest absolute Gasteiger partial charge is 0.255 e. The van der Waals surface area contributed by atoms with Gasteiger partial charge in [-0.15, -0.1) is 0 Å². The monoisotopic (exact) mass is 401 g/mol. The van der Waals surface area contributed by atoms with Gasteiger partial charge >= 0.3 is 0 Å². The molecule has 1 atom stereocenters. The van der Waals surface area contributed by atoms with E-state index in [0.29, 0.717) is 5.56 Å². The minimum atomic E-state index is -0.159. The van der Waals surface area contributed by atoms with E-state index < -0.39 is 0 Å². The number of hydrogen-bond donors (Lipinski definition) is 2. The number of ether oxygens (including phenoxy) is 1. The highest BCUT2D eigenvalue weighted by Gasteiger charge is 2.21. The second-order valence-corrected chi connectivity index (χ2v) is 7.70. The number of carbonyl (C=O) groups is 1. The van der Waals surface area contributed by atoms with Gasteiger partial charge in [0, 0.05) is 23.6 Å². The van der Waals surface area contributed by atoms with E-state index in [2.05, 4.69) is 20.4 Å². The number of benzene rings is 2. The molecule has 0 aliphatic carbocycles. The number of amides is 1. The van der Waals surface area contributed by atoms with Gasteiger partial charge in [-0.2, -0.15) is 5.10 Å². The van der Waals surface area contributed by atoms with Gasteiger partial charge in [-0.1, -0.05) is 0 Å². The first-order chi connectivity index (χ1) is 14.6. The van der Waals surface area contributed by atoms with E-state index in [9.17, 15) is 4.79 Å². The van der Waals surface area contributed by atoms with Crippen LogP contribution in [0.3, 0.4) is 0 Å². The average Bonchev–Trinajstić information content (AvgIpc) is 3.47. The third kappa shape index (κ3) is 3.48. The van der Waals surface area contributed by atoms with Crippen molar-refractivity contribution in [3.63, 3.8) is 0 Å². The Morgan fingerprint density at radius 3 is 2.70 bits per heavy atom. The maximum absolute atomic E-state index is 12.7. The highest BCUT2D eigenvalue weighted by molar-refractivity contribution is 6.05. The van der Waals surface area contributed by atoms with Gasteiger partial charge in [0.25, 0.3) is 5.91 Å². The fourth-order valence-corrected chi connectivity index (χ4v) is 3.90. The summed E-state index contributed by atoms with van der Waals surface area (Å²) in [5.74, 6) is 0.693. The molecule has 0 saturated carbocycles. The zero-order valence-electron chi connectivity index (χ0n) is 17.0. The van der Waals surface area contributed by atoms with Crippen LogP contribution in [0.15, 0.2) is 48.5 Å². The Bertz CT molecular complexity index is 1220. The van der Waals surface area contributed by atoms with Gasteiger partial charge in [-0.05, 0) is 75.2 Å². The maximum atomic E-state index is 12.7. The van der Waals surface area contributed by atoms with Crippen molar-refractivity contribution in [2.75, 3.05) is 11.9 Å². The number of aromatic amines is 1. The summed E-state index contributed by atoms with van der Waals surface area (Å²) in [5.41, 5.74) is 6.01. The van der Waals surface area contributed by atoms with Gasteiger partial charge in [-0.3, -0.25) is 4.79 Å². The molecular formula is C23H23N5O2. The number of rotatable bonds is 4. The number of carbonyl (C=O) groups excluding carboxylic acids is 1. The number of hydrogen-bond acceptors (Lipinski definition) is 4. The standard InChI is InChI=1S/C23H23N5O2/c1-14-12-15(2)28(27-14)18-8-5-16(6-9-18)23(29)24-17-7-10-19-20(13-17)26-22(25-19)21-4-3-11-30-21/h5-10,12-13,21H,3-4,11H2,1-2H3,(H,24,29)(H,25,26). The lowest BCUT2D eigenvalue weighted by Gasteiger charge is -2.08. The minimum absolute atomic E-state index is 0.0381. The molecule has 1 aliphatic heterocycles. The van der Waals surface area contributed by atoms with Crippen LogP contribution in [0.25, 0.3) is 16.7 Å². The topological polar surface area (TPSA) is 84.8 Å². The molecular weight excluding hydrogens is 378 g/mol. The molecule has 30 heavy (non-hydrogen) atoms. The summed E-state index contributed by atoms with van der Waals surface area (Å²) < 4.78 is 7.57. The largest absolute Gasteiger partial charge is 0.370 e. The van der Waals surface area contributed by atoms with Crippen LogP contribution in [-0.4, -0.2) is 32.3 Å². The number of H-pyrrole nitrogens is 1. The Morgan fingerprint density at radius 2 is 2.00 bits per heavy atom. The van der Waals surface area contributed by atoms with Crippen LogP contribution in [0, 0.1) is 13.8 Å². The molecule has 4 aromatic rings. The van der Waals surface area contributed by atoms with E-state index in [1.54, 1.807) is 0 Å². The quantitative estimate of drug-likeness (QED) is 0.528. The van der Waals surface area contributed by atoms with Crippen LogP contribution in [0.2, 0.25) is 0 Å². The molecule has 7 heteroatoms. The summed E-state index contributed by atoms with van der Waals surface area (Å²) >= 11 is 0. The van der Waals surface area contributed by atoms with Crippen molar-refractivity contribution in [1.82, 2.24) is 19.7 Å². The summed E-state index contributed by atoms with van der Waals surface area (Å²) in [6, 6.07) is 15.1. The van der Waals surface area contributed by atoms with Crippen molar-refractivity contribution in [3.8, 4) is 5.69 Å². The summed E-state index contributed by atoms with van der Waals surface area (Å²) in [6.45, 7) is 4.75. The summed E-state index contributed by atoms with van der Waals surface area (Å²) in [4.78, 5) is 20.6. The molecule has 1 fully saturated rings. The lowest BCUT2D eigenvalue weighted by molar-refractivity contribution is 0.102. The molecule has 3 heterocycles. The van der Waals surface area contributed by atoms with Gasteiger partial charge in [0.1, 0.15) is 11.9 Å². The third-order valence-electron chi connectivity index (χ3n) is 5.38. The van der Waals surface area contributed by atoms with Crippen molar-refractivity contribution < 1.29 is 9.53 Å². The maximum Gasteiger partial charge on any atom is 0.255 e. The molecule has 5 rings (SSSR count). The van der Waals surface area contributed by atoms with Crippen molar-refractivity contribution in [1.29, 1.82) is 0 Å². The number of nitrogens with zero attached hydrogens (tertiary/aromatic N) is 3. The van der Waals surface area contributed by atoms with Crippen LogP contribution in [-0.2, 0) is 4.74 Å². The lowest BCUT2D eigenvalue weighted by Crippen LogP contribution is -2.12. The first kappa shape index (κ1) is 18.6. The van der Waals surface area contributed by atoms with Gasteiger partial charge in [0.2, 0.25) is 0 Å². The molecule has 152 valence electrons. The number of anilines is 1. The molecule has 7 nitrogen and oxygen atoms in total. The number of aryl methyl sites for hydroxylation is 2. The average molecular weight is 401 g/mol. The predicted molar refractivity (Wildman–Crippen MR) is 115 cm³/mol. The van der Waals surface area contributed by atoms with Gasteiger partial charge in [-0.25, -0.2) is 9.67 Å². The first-order valence-corrected chi connectivity index (χ1v) is 10.1. The summed E-state index contributed by atoms with van der Waals surface area (Å²) in [6.07, 6.45) is 2.08. The molecule has 1 unspecified atom stereocenters. The van der Waals surface area contributed by atoms with Crippen molar-refractivity contribution in [3.05, 3.63) is 71.3 Å². The van der Waals surface area contributed by atoms with Crippen LogP contribution in [0.5, 0.6) is 0 Å². The van der Waals surface area contributed by atoms with Crippen LogP contribution in [0.1, 0.15) is 46.5 Å². The van der Waals surface area contributed by atoms with Crippen LogP contribution >= 0.6 is 0 Å². The van der Waals surface area contributed by atoms with Crippen molar-refractivity contribution in [2.45, 2.75) is 32.8 Å². The minimum Gasteiger partial charge on any atom is -0.370 e. The molecule has 0 radical (unpaired) electrons. The van der Waals surface area contributed by atoms with E-state index >= 15 is 0 Å². The first-order valence-electron chi connectivity index (χ1n) is 10.1. The molecule has 0 bridgehead atoms. The Kier molecular flexibility index (Phi) is 4.59. The third-order valence-corrected chi connectivity index (χ3v) is 5.38. The van der Waals surface area contributed by atoms with Crippen LogP contribution < -0.4 is 5.32 Å². The number of aromatic nitrogens is 4. The Labute approximate surface area is 174 Å². The van der Waals surface area contributed by atoms with Crippen molar-refractivity contribution >= 4 is 22.6 Å². The molecule has 0 spiro atoms. The molecule has 2 aromatic carbocycles. The van der Waals surface area contributed by atoms with E-state index in [4.69, 9.17) is 4.74 Å². The van der Waals surface area contributed by atoms with Crippen LogP contribution in [0.4, 0.5) is 5.69 Å². The molecule has 2 N–H and O–H groups in total. The highest BCUT2D eigenvalue weighted by atomic mass is 16.5. The van der Waals surface area contributed by atoms with E-state index in [1.165, 1.54) is 0 Å². The van der Waals surface area contributed by atoms with E-state index in [-0.39, 0.29) is 12.0 Å². The molecule has 1 saturated heterocycles. The number of nitrogens with one attached hydrogen (secondary N) is 2. The van der Waals surface area contributed by atoms with E-state index in [0.717, 1.165) is 59.1 Å². The Balaban J connectivity index is 1.33. The summed E-state index contributed by atoms with van der Waals surface area (Å²) in [7, 11) is 0.